The van der Waals surface area contributed by atoms with Gasteiger partial charge in [-0.05, 0) is 35.9 Å². The Bertz CT molecular complexity index is 1050. The molecule has 3 rings (SSSR count). The Morgan fingerprint density at radius 3 is 2.43 bits per heavy atom. The molecule has 0 aromatic heterocycles. The Labute approximate surface area is 175 Å². The van der Waals surface area contributed by atoms with Crippen molar-refractivity contribution in [3.63, 3.8) is 0 Å². The summed E-state index contributed by atoms with van der Waals surface area (Å²) >= 11 is 0. The van der Waals surface area contributed by atoms with Gasteiger partial charge in [0.25, 0.3) is 5.91 Å². The molecule has 0 aliphatic carbocycles. The van der Waals surface area contributed by atoms with Crippen molar-refractivity contribution in [2.24, 2.45) is 5.16 Å². The smallest absolute Gasteiger partial charge is 0.273 e. The Morgan fingerprint density at radius 2 is 1.67 bits per heavy atom. The number of nitrogens with one attached hydrogen (secondary N) is 1. The summed E-state index contributed by atoms with van der Waals surface area (Å²) in [6, 6.07) is 24.2. The molecule has 0 saturated carbocycles. The Morgan fingerprint density at radius 1 is 0.933 bits per heavy atom. The van der Waals surface area contributed by atoms with Crippen LogP contribution in [0.15, 0.2) is 90.3 Å². The minimum Gasteiger partial charge on any atom is -0.465 e. The van der Waals surface area contributed by atoms with Crippen molar-refractivity contribution in [2.75, 3.05) is 14.2 Å². The molecule has 6 nitrogen and oxygen atoms in total. The highest BCUT2D eigenvalue weighted by molar-refractivity contribution is 6.45. The normalized spacial score (nSPS) is 11.2. The number of carbonyl (C=O) groups excluding carboxylic acids is 1. The molecule has 1 N–H and O–H groups in total. The van der Waals surface area contributed by atoms with Gasteiger partial charge in [-0.15, -0.1) is 0 Å². The van der Waals surface area contributed by atoms with Crippen LogP contribution < -0.4 is 14.8 Å². The molecule has 6 heteroatoms. The molecular weight excluding hydrogens is 380 g/mol. The minimum absolute atomic E-state index is 0.119. The third kappa shape index (κ3) is 5.48. The summed E-state index contributed by atoms with van der Waals surface area (Å²) in [6.07, 6.45) is 3.50. The molecule has 0 aliphatic heterocycles. The summed E-state index contributed by atoms with van der Waals surface area (Å²) in [5.41, 5.74) is 1.67. The molecule has 0 fully saturated rings. The number of likely N-dealkylation sites (N-methyl/N-ethyl adjacent to an activating group) is 1. The molecule has 3 aromatic rings. The molecule has 0 spiro atoms. The summed E-state index contributed by atoms with van der Waals surface area (Å²) in [6.45, 7) is 0. The van der Waals surface area contributed by atoms with Crippen molar-refractivity contribution < 1.29 is 19.1 Å². The predicted molar refractivity (Wildman–Crippen MR) is 117 cm³/mol. The summed E-state index contributed by atoms with van der Waals surface area (Å²) in [5, 5.41) is 6.40. The highest BCUT2D eigenvalue weighted by Crippen LogP contribution is 2.28. The second-order valence-corrected chi connectivity index (χ2v) is 6.11. The lowest BCUT2D eigenvalue weighted by atomic mass is 10.1. The van der Waals surface area contributed by atoms with E-state index in [-0.39, 0.29) is 11.6 Å². The van der Waals surface area contributed by atoms with Crippen molar-refractivity contribution in [3.8, 4) is 17.2 Å². The van der Waals surface area contributed by atoms with E-state index in [1.165, 1.54) is 14.2 Å². The number of amides is 1. The number of nitrogens with zero attached hydrogens (tertiary/aromatic N) is 1. The molecule has 3 aromatic carbocycles. The van der Waals surface area contributed by atoms with Crippen LogP contribution in [0.5, 0.6) is 17.2 Å². The van der Waals surface area contributed by atoms with E-state index in [0.717, 1.165) is 5.56 Å². The fourth-order valence-electron chi connectivity index (χ4n) is 2.67. The number of hydrogen-bond acceptors (Lipinski definition) is 5. The van der Waals surface area contributed by atoms with Crippen molar-refractivity contribution >= 4 is 17.7 Å². The molecule has 0 heterocycles. The van der Waals surface area contributed by atoms with E-state index >= 15 is 0 Å². The van der Waals surface area contributed by atoms with Crippen molar-refractivity contribution in [1.82, 2.24) is 5.32 Å². The van der Waals surface area contributed by atoms with Crippen molar-refractivity contribution in [3.05, 3.63) is 96.3 Å². The predicted octanol–water partition coefficient (Wildman–Crippen LogP) is 4.63. The molecule has 1 amide bonds. The van der Waals surface area contributed by atoms with Gasteiger partial charge in [-0.1, -0.05) is 53.7 Å². The highest BCUT2D eigenvalue weighted by Gasteiger charge is 2.18. The molecule has 0 saturated heterocycles. The van der Waals surface area contributed by atoms with Crippen molar-refractivity contribution in [1.29, 1.82) is 0 Å². The zero-order valence-electron chi connectivity index (χ0n) is 16.7. The van der Waals surface area contributed by atoms with Crippen LogP contribution in [0.2, 0.25) is 0 Å². The molecule has 0 atom stereocenters. The van der Waals surface area contributed by atoms with E-state index < -0.39 is 0 Å². The maximum atomic E-state index is 12.2. The molecule has 152 valence electrons. The van der Waals surface area contributed by atoms with Crippen molar-refractivity contribution in [2.45, 2.75) is 0 Å². The first-order valence-corrected chi connectivity index (χ1v) is 9.30. The summed E-state index contributed by atoms with van der Waals surface area (Å²) in [4.78, 5) is 17.0. The fourth-order valence-corrected chi connectivity index (χ4v) is 2.67. The first-order valence-electron chi connectivity index (χ1n) is 9.30. The van der Waals surface area contributed by atoms with E-state index in [1.807, 2.05) is 54.6 Å². The van der Waals surface area contributed by atoms with Crippen LogP contribution in [0.4, 0.5) is 0 Å². The zero-order valence-corrected chi connectivity index (χ0v) is 16.7. The number of benzene rings is 3. The van der Waals surface area contributed by atoms with E-state index in [2.05, 4.69) is 10.5 Å². The molecule has 0 aliphatic rings. The average molecular weight is 402 g/mol. The van der Waals surface area contributed by atoms with Gasteiger partial charge in [-0.25, -0.2) is 0 Å². The lowest BCUT2D eigenvalue weighted by Gasteiger charge is -2.12. The van der Waals surface area contributed by atoms with E-state index in [4.69, 9.17) is 14.3 Å². The number of hydrogen-bond donors (Lipinski definition) is 1. The third-order valence-corrected chi connectivity index (χ3v) is 4.06. The van der Waals surface area contributed by atoms with E-state index in [0.29, 0.717) is 22.8 Å². The number of ether oxygens (including phenoxy) is 2. The number of oxime groups is 1. The second-order valence-electron chi connectivity index (χ2n) is 6.11. The second kappa shape index (κ2) is 10.5. The van der Waals surface area contributed by atoms with Crippen LogP contribution in [0.3, 0.4) is 0 Å². The van der Waals surface area contributed by atoms with Gasteiger partial charge in [-0.2, -0.15) is 0 Å². The van der Waals surface area contributed by atoms with Gasteiger partial charge < -0.3 is 19.6 Å². The Hall–Kier alpha value is -4.06. The summed E-state index contributed by atoms with van der Waals surface area (Å²) < 4.78 is 11.7. The molecular formula is C24H22N2O4. The Kier molecular flexibility index (Phi) is 7.22. The summed E-state index contributed by atoms with van der Waals surface area (Å²) in [7, 11) is 2.91. The largest absolute Gasteiger partial charge is 0.465 e. The highest BCUT2D eigenvalue weighted by atomic mass is 16.6. The van der Waals surface area contributed by atoms with Gasteiger partial charge >= 0.3 is 0 Å². The lowest BCUT2D eigenvalue weighted by Crippen LogP contribution is -2.28. The SMILES string of the molecule is CNC(=O)C(=NOC)c1ccccc1Oc1cccc(OC=Cc2ccccc2)c1. The third-order valence-electron chi connectivity index (χ3n) is 4.06. The quantitative estimate of drug-likeness (QED) is 0.339. The van der Waals surface area contributed by atoms with Gasteiger partial charge in [-0.3, -0.25) is 4.79 Å². The van der Waals surface area contributed by atoms with Crippen LogP contribution >= 0.6 is 0 Å². The van der Waals surface area contributed by atoms with Gasteiger partial charge in [0.05, 0.1) is 11.8 Å². The lowest BCUT2D eigenvalue weighted by molar-refractivity contribution is -0.114. The standard InChI is InChI=1S/C24H22N2O4/c1-25-24(27)23(26-28-2)21-13-6-7-14-22(21)30-20-12-8-11-19(17-20)29-16-15-18-9-4-3-5-10-18/h3-17H,1-2H3,(H,25,27). The van der Waals surface area contributed by atoms with Gasteiger partial charge in [0.15, 0.2) is 5.71 Å². The Balaban J connectivity index is 1.79. The molecule has 0 bridgehead atoms. The van der Waals surface area contributed by atoms with Crippen LogP contribution in [-0.4, -0.2) is 25.8 Å². The van der Waals surface area contributed by atoms with Crippen LogP contribution in [0.25, 0.3) is 6.08 Å². The number of para-hydroxylation sites is 1. The molecule has 30 heavy (non-hydrogen) atoms. The first kappa shape index (κ1) is 20.7. The minimum atomic E-state index is -0.379. The van der Waals surface area contributed by atoms with Crippen LogP contribution in [-0.2, 0) is 9.63 Å². The topological polar surface area (TPSA) is 69.2 Å². The zero-order chi connectivity index (χ0) is 21.2. The number of rotatable bonds is 8. The van der Waals surface area contributed by atoms with Crippen LogP contribution in [0, 0.1) is 0 Å². The molecule has 0 unspecified atom stereocenters. The van der Waals surface area contributed by atoms with Gasteiger partial charge in [0.1, 0.15) is 24.4 Å². The fraction of sp³-hybridized carbons (Fsp3) is 0.0833. The molecule has 0 radical (unpaired) electrons. The monoisotopic (exact) mass is 402 g/mol. The maximum Gasteiger partial charge on any atom is 0.273 e. The first-order chi connectivity index (χ1) is 14.7. The maximum absolute atomic E-state index is 12.2. The van der Waals surface area contributed by atoms with Crippen LogP contribution in [0.1, 0.15) is 11.1 Å². The van der Waals surface area contributed by atoms with E-state index in [1.54, 1.807) is 36.6 Å². The average Bonchev–Trinajstić information content (AvgIpc) is 2.78. The van der Waals surface area contributed by atoms with E-state index in [9.17, 15) is 4.79 Å². The number of carbonyl (C=O) groups is 1. The summed E-state index contributed by atoms with van der Waals surface area (Å²) in [5.74, 6) is 1.26. The van der Waals surface area contributed by atoms with Gasteiger partial charge in [0, 0.05) is 13.1 Å². The van der Waals surface area contributed by atoms with Gasteiger partial charge in [0.2, 0.25) is 0 Å².